The molecule has 1 aliphatic carbocycles. The Kier molecular flexibility index (Phi) is 8.72. The molecular formula is C29H36Cl2N2O5S. The number of carboxylic acids is 1. The van der Waals surface area contributed by atoms with Crippen LogP contribution in [0, 0.1) is 5.41 Å². The summed E-state index contributed by atoms with van der Waals surface area (Å²) in [7, 11) is -3.56. The number of hydrogen-bond donors (Lipinski definition) is 2. The monoisotopic (exact) mass is 594 g/mol. The first-order valence-electron chi connectivity index (χ1n) is 13.3. The van der Waals surface area contributed by atoms with Crippen LogP contribution in [0.1, 0.15) is 82.4 Å². The summed E-state index contributed by atoms with van der Waals surface area (Å²) >= 11 is 12.6. The molecule has 2 fully saturated rings. The molecular weight excluding hydrogens is 559 g/mol. The maximum atomic E-state index is 14.4. The van der Waals surface area contributed by atoms with Gasteiger partial charge in [-0.3, -0.25) is 9.59 Å². The molecule has 1 saturated carbocycles. The number of sulfonamides is 1. The number of carbonyl (C=O) groups is 2. The molecule has 0 unspecified atom stereocenters. The smallest absolute Gasteiger partial charge is 0.303 e. The van der Waals surface area contributed by atoms with Crippen molar-refractivity contribution >= 4 is 45.1 Å². The first kappa shape index (κ1) is 29.8. The molecule has 0 bridgehead atoms. The summed E-state index contributed by atoms with van der Waals surface area (Å²) in [4.78, 5) is 27.8. The summed E-state index contributed by atoms with van der Waals surface area (Å²) in [5.41, 5.74) is 0.833. The van der Waals surface area contributed by atoms with Crippen LogP contribution in [0.5, 0.6) is 0 Å². The van der Waals surface area contributed by atoms with E-state index in [1.54, 1.807) is 30.0 Å². The lowest BCUT2D eigenvalue weighted by molar-refractivity contribution is -0.156. The molecule has 0 radical (unpaired) electrons. The van der Waals surface area contributed by atoms with Gasteiger partial charge in [-0.1, -0.05) is 61.3 Å². The van der Waals surface area contributed by atoms with Gasteiger partial charge < -0.3 is 10.0 Å². The number of piperidine rings is 1. The van der Waals surface area contributed by atoms with Crippen LogP contribution in [0.3, 0.4) is 0 Å². The molecule has 212 valence electrons. The molecule has 1 aliphatic heterocycles. The topological polar surface area (TPSA) is 104 Å². The second-order valence-electron chi connectivity index (χ2n) is 11.4. The molecule has 2 N–H and O–H groups in total. The lowest BCUT2D eigenvalue weighted by Crippen LogP contribution is -2.58. The van der Waals surface area contributed by atoms with Crippen molar-refractivity contribution in [2.45, 2.75) is 82.0 Å². The number of carboxylic acid groups (broad SMARTS) is 1. The molecule has 0 aromatic heterocycles. The number of halogens is 2. The Bertz CT molecular complexity index is 1330. The van der Waals surface area contributed by atoms with Gasteiger partial charge in [-0.05, 0) is 74.4 Å². The fourth-order valence-corrected chi connectivity index (χ4v) is 7.38. The van der Waals surface area contributed by atoms with E-state index in [2.05, 4.69) is 4.72 Å². The molecule has 1 saturated heterocycles. The van der Waals surface area contributed by atoms with Crippen molar-refractivity contribution in [1.29, 1.82) is 0 Å². The van der Waals surface area contributed by atoms with E-state index < -0.39 is 38.2 Å². The minimum absolute atomic E-state index is 0.0710. The van der Waals surface area contributed by atoms with E-state index in [1.807, 2.05) is 44.2 Å². The van der Waals surface area contributed by atoms with Crippen molar-refractivity contribution in [2.75, 3.05) is 6.54 Å². The van der Waals surface area contributed by atoms with Crippen LogP contribution in [0.25, 0.3) is 0 Å². The molecule has 39 heavy (non-hydrogen) atoms. The van der Waals surface area contributed by atoms with Crippen LogP contribution in [-0.4, -0.2) is 47.6 Å². The van der Waals surface area contributed by atoms with Crippen LogP contribution in [0.4, 0.5) is 0 Å². The van der Waals surface area contributed by atoms with Gasteiger partial charge in [-0.15, -0.1) is 0 Å². The van der Waals surface area contributed by atoms with E-state index >= 15 is 0 Å². The highest BCUT2D eigenvalue weighted by atomic mass is 35.5. The average Bonchev–Trinajstić information content (AvgIpc) is 3.65. The number of aliphatic carboxylic acids is 1. The number of amides is 1. The van der Waals surface area contributed by atoms with Crippen molar-refractivity contribution in [3.63, 3.8) is 0 Å². The van der Waals surface area contributed by atoms with Gasteiger partial charge in [0.25, 0.3) is 0 Å². The van der Waals surface area contributed by atoms with Gasteiger partial charge in [0.1, 0.15) is 0 Å². The zero-order valence-corrected chi connectivity index (χ0v) is 24.8. The molecule has 1 heterocycles. The van der Waals surface area contributed by atoms with E-state index in [1.165, 1.54) is 0 Å². The number of likely N-dealkylation sites (tertiary alicyclic amines) is 1. The zero-order valence-electron chi connectivity index (χ0n) is 22.5. The van der Waals surface area contributed by atoms with Gasteiger partial charge in [0.2, 0.25) is 15.9 Å². The number of hydrogen-bond acceptors (Lipinski definition) is 4. The molecule has 2 aromatic carbocycles. The Labute approximate surface area is 240 Å². The van der Waals surface area contributed by atoms with Crippen LogP contribution in [-0.2, 0) is 19.6 Å². The molecule has 2 aromatic rings. The first-order chi connectivity index (χ1) is 18.3. The number of rotatable bonds is 11. The van der Waals surface area contributed by atoms with Gasteiger partial charge >= 0.3 is 5.97 Å². The summed E-state index contributed by atoms with van der Waals surface area (Å²) in [5.74, 6) is -1.36. The molecule has 4 atom stereocenters. The Balaban J connectivity index is 1.82. The quantitative estimate of drug-likeness (QED) is 0.323. The molecule has 7 nitrogen and oxygen atoms in total. The maximum Gasteiger partial charge on any atom is 0.303 e. The predicted octanol–water partition coefficient (Wildman–Crippen LogP) is 6.17. The largest absolute Gasteiger partial charge is 0.481 e. The van der Waals surface area contributed by atoms with Gasteiger partial charge in [0.15, 0.2) is 0 Å². The predicted molar refractivity (Wildman–Crippen MR) is 153 cm³/mol. The highest BCUT2D eigenvalue weighted by molar-refractivity contribution is 7.91. The number of benzene rings is 2. The summed E-state index contributed by atoms with van der Waals surface area (Å²) in [6, 6.07) is 14.0. The van der Waals surface area contributed by atoms with Crippen LogP contribution in [0.15, 0.2) is 48.5 Å². The summed E-state index contributed by atoms with van der Waals surface area (Å²) in [6.45, 7) is 5.56. The third kappa shape index (κ3) is 6.29. The second-order valence-corrected chi connectivity index (χ2v) is 14.5. The minimum Gasteiger partial charge on any atom is -0.481 e. The van der Waals surface area contributed by atoms with E-state index in [4.69, 9.17) is 23.2 Å². The zero-order chi connectivity index (χ0) is 28.6. The van der Waals surface area contributed by atoms with Crippen LogP contribution < -0.4 is 4.72 Å². The Morgan fingerprint density at radius 3 is 2.33 bits per heavy atom. The first-order valence-corrected chi connectivity index (χ1v) is 15.6. The van der Waals surface area contributed by atoms with Crippen molar-refractivity contribution in [1.82, 2.24) is 9.62 Å². The SMILES string of the molecule is CC[C@@H](CNS(=O)(=O)C1(C)CC1)N1C(=O)[C@@](C)(CCC(=O)O)C[C@H](c2cccc(Cl)c2)[C@H]1c1ccc(Cl)cc1. The number of nitrogens with zero attached hydrogens (tertiary/aromatic N) is 1. The fourth-order valence-electron chi connectivity index (χ4n) is 5.66. The summed E-state index contributed by atoms with van der Waals surface area (Å²) in [6.07, 6.45) is 2.17. The van der Waals surface area contributed by atoms with Gasteiger partial charge in [-0.25, -0.2) is 13.1 Å². The maximum absolute atomic E-state index is 14.4. The Morgan fingerprint density at radius 2 is 1.77 bits per heavy atom. The van der Waals surface area contributed by atoms with Gasteiger partial charge in [0.05, 0.1) is 10.8 Å². The van der Waals surface area contributed by atoms with E-state index in [9.17, 15) is 23.1 Å². The van der Waals surface area contributed by atoms with Crippen molar-refractivity contribution in [3.8, 4) is 0 Å². The molecule has 10 heteroatoms. The minimum atomic E-state index is -3.56. The van der Waals surface area contributed by atoms with Crippen molar-refractivity contribution in [2.24, 2.45) is 5.41 Å². The summed E-state index contributed by atoms with van der Waals surface area (Å²) < 4.78 is 28.0. The number of carbonyl (C=O) groups excluding carboxylic acids is 1. The van der Waals surface area contributed by atoms with Crippen molar-refractivity contribution < 1.29 is 23.1 Å². The molecule has 0 spiro atoms. The van der Waals surface area contributed by atoms with Crippen LogP contribution >= 0.6 is 23.2 Å². The standard InChI is InChI=1S/C29H36Cl2N2O5S/c1-4-23(18-32-39(37,38)29(3)14-15-29)33-26(19-8-10-21(30)11-9-19)24(20-6-5-7-22(31)16-20)17-28(2,27(33)36)13-12-25(34)35/h5-11,16,23-24,26,32H,4,12-15,17-18H2,1-3H3,(H,34,35)/t23-,24+,26+,28-/m0/s1. The van der Waals surface area contributed by atoms with E-state index in [0.717, 1.165) is 11.1 Å². The van der Waals surface area contributed by atoms with E-state index in [-0.39, 0.29) is 31.2 Å². The highest BCUT2D eigenvalue weighted by Gasteiger charge is 2.53. The van der Waals surface area contributed by atoms with Gasteiger partial charge in [0, 0.05) is 40.4 Å². The Morgan fingerprint density at radius 1 is 1.10 bits per heavy atom. The number of nitrogens with one attached hydrogen (secondary N) is 1. The molecule has 2 aliphatic rings. The molecule has 4 rings (SSSR count). The normalized spacial score (nSPS) is 25.4. The lowest BCUT2D eigenvalue weighted by Gasteiger charge is -2.52. The van der Waals surface area contributed by atoms with Crippen LogP contribution in [0.2, 0.25) is 10.0 Å². The third-order valence-corrected chi connectivity index (χ3v) is 11.2. The fraction of sp³-hybridized carbons (Fsp3) is 0.517. The average molecular weight is 596 g/mol. The second kappa shape index (κ2) is 11.4. The summed E-state index contributed by atoms with van der Waals surface area (Å²) in [5, 5.41) is 10.6. The van der Waals surface area contributed by atoms with E-state index in [0.29, 0.717) is 35.7 Å². The molecule has 1 amide bonds. The highest BCUT2D eigenvalue weighted by Crippen LogP contribution is 2.52. The lowest BCUT2D eigenvalue weighted by atomic mass is 9.66. The van der Waals surface area contributed by atoms with Crippen molar-refractivity contribution in [3.05, 3.63) is 69.7 Å². The van der Waals surface area contributed by atoms with Gasteiger partial charge in [-0.2, -0.15) is 0 Å². The Hall–Kier alpha value is -2.13. The third-order valence-electron chi connectivity index (χ3n) is 8.46.